The van der Waals surface area contributed by atoms with Crippen LogP contribution in [0.2, 0.25) is 0 Å². The van der Waals surface area contributed by atoms with Crippen molar-refractivity contribution in [3.8, 4) is 0 Å². The standard InChI is InChI=1S/C21H23BrN2O/c1-3-14-24(15-4-2)20(18-12-8-9-13-19(18)22)21(25)23-16-17-10-6-5-7-11-17/h3-13,20H,1-2,14-16H2,(H,23,25). The molecule has 0 aromatic heterocycles. The van der Waals surface area contributed by atoms with Crippen LogP contribution in [-0.4, -0.2) is 23.9 Å². The molecule has 2 aromatic rings. The second kappa shape index (κ2) is 9.97. The highest BCUT2D eigenvalue weighted by Gasteiger charge is 2.27. The molecule has 1 amide bonds. The summed E-state index contributed by atoms with van der Waals surface area (Å²) in [6.07, 6.45) is 3.61. The number of amides is 1. The van der Waals surface area contributed by atoms with Gasteiger partial charge in [0.15, 0.2) is 0 Å². The molecule has 2 rings (SSSR count). The van der Waals surface area contributed by atoms with Crippen molar-refractivity contribution >= 4 is 21.8 Å². The van der Waals surface area contributed by atoms with Gasteiger partial charge in [-0.05, 0) is 17.2 Å². The third kappa shape index (κ3) is 5.41. The third-order valence-electron chi connectivity index (χ3n) is 3.85. The lowest BCUT2D eigenvalue weighted by molar-refractivity contribution is -0.126. The summed E-state index contributed by atoms with van der Waals surface area (Å²) in [4.78, 5) is 15.1. The second-order valence-electron chi connectivity index (χ2n) is 5.66. The lowest BCUT2D eigenvalue weighted by Crippen LogP contribution is -2.40. The van der Waals surface area contributed by atoms with Gasteiger partial charge in [0.2, 0.25) is 5.91 Å². The quantitative estimate of drug-likeness (QED) is 0.631. The van der Waals surface area contributed by atoms with E-state index in [0.29, 0.717) is 19.6 Å². The number of carbonyl (C=O) groups is 1. The van der Waals surface area contributed by atoms with E-state index in [-0.39, 0.29) is 5.91 Å². The molecule has 0 radical (unpaired) electrons. The fourth-order valence-corrected chi connectivity index (χ4v) is 3.20. The molecule has 1 unspecified atom stereocenters. The highest BCUT2D eigenvalue weighted by atomic mass is 79.9. The number of benzene rings is 2. The van der Waals surface area contributed by atoms with Crippen LogP contribution in [0.3, 0.4) is 0 Å². The Kier molecular flexibility index (Phi) is 7.64. The van der Waals surface area contributed by atoms with Gasteiger partial charge in [-0.1, -0.05) is 76.6 Å². The Balaban J connectivity index is 2.26. The van der Waals surface area contributed by atoms with E-state index in [1.807, 2.05) is 59.5 Å². The molecule has 0 bridgehead atoms. The van der Waals surface area contributed by atoms with Crippen LogP contribution in [-0.2, 0) is 11.3 Å². The van der Waals surface area contributed by atoms with Gasteiger partial charge in [0.1, 0.15) is 6.04 Å². The second-order valence-corrected chi connectivity index (χ2v) is 6.51. The average molecular weight is 399 g/mol. The van der Waals surface area contributed by atoms with Gasteiger partial charge < -0.3 is 5.32 Å². The van der Waals surface area contributed by atoms with E-state index >= 15 is 0 Å². The van der Waals surface area contributed by atoms with Crippen LogP contribution < -0.4 is 5.32 Å². The first-order valence-electron chi connectivity index (χ1n) is 8.19. The minimum atomic E-state index is -0.421. The monoisotopic (exact) mass is 398 g/mol. The van der Waals surface area contributed by atoms with E-state index in [9.17, 15) is 4.79 Å². The van der Waals surface area contributed by atoms with E-state index in [1.165, 1.54) is 0 Å². The minimum absolute atomic E-state index is 0.0422. The first kappa shape index (κ1) is 19.2. The Morgan fingerprint density at radius 2 is 1.64 bits per heavy atom. The summed E-state index contributed by atoms with van der Waals surface area (Å²) in [6.45, 7) is 9.31. The van der Waals surface area contributed by atoms with Crippen LogP contribution in [0, 0.1) is 0 Å². The number of hydrogen-bond donors (Lipinski definition) is 1. The van der Waals surface area contributed by atoms with E-state index in [4.69, 9.17) is 0 Å². The topological polar surface area (TPSA) is 32.3 Å². The number of halogens is 1. The van der Waals surface area contributed by atoms with Gasteiger partial charge in [-0.15, -0.1) is 13.2 Å². The Morgan fingerprint density at radius 3 is 2.24 bits per heavy atom. The summed E-state index contributed by atoms with van der Waals surface area (Å²) in [7, 11) is 0. The first-order valence-corrected chi connectivity index (χ1v) is 8.98. The summed E-state index contributed by atoms with van der Waals surface area (Å²) < 4.78 is 0.910. The van der Waals surface area contributed by atoms with E-state index < -0.39 is 6.04 Å². The molecule has 1 N–H and O–H groups in total. The maximum atomic E-state index is 13.0. The van der Waals surface area contributed by atoms with Crippen molar-refractivity contribution in [2.24, 2.45) is 0 Å². The number of carbonyl (C=O) groups excluding carboxylic acids is 1. The molecule has 1 atom stereocenters. The normalized spacial score (nSPS) is 11.8. The third-order valence-corrected chi connectivity index (χ3v) is 4.57. The van der Waals surface area contributed by atoms with Crippen molar-refractivity contribution in [2.75, 3.05) is 13.1 Å². The summed E-state index contributed by atoms with van der Waals surface area (Å²) in [6, 6.07) is 17.3. The molecule has 0 spiro atoms. The van der Waals surface area contributed by atoms with Gasteiger partial charge in [-0.3, -0.25) is 9.69 Å². The van der Waals surface area contributed by atoms with Crippen LogP contribution in [0.15, 0.2) is 84.4 Å². The van der Waals surface area contributed by atoms with Crippen molar-refractivity contribution in [3.05, 3.63) is 95.5 Å². The predicted octanol–water partition coefficient (Wildman–Crippen LogP) is 4.48. The molecule has 0 aliphatic heterocycles. The molecule has 0 heterocycles. The van der Waals surface area contributed by atoms with Crippen molar-refractivity contribution < 1.29 is 4.79 Å². The van der Waals surface area contributed by atoms with Crippen LogP contribution in [0.4, 0.5) is 0 Å². The lowest BCUT2D eigenvalue weighted by Gasteiger charge is -2.30. The van der Waals surface area contributed by atoms with Gasteiger partial charge in [-0.25, -0.2) is 0 Å². The molecule has 0 saturated carbocycles. The maximum absolute atomic E-state index is 13.0. The summed E-state index contributed by atoms with van der Waals surface area (Å²) in [5.74, 6) is -0.0422. The molecule has 0 aliphatic carbocycles. The lowest BCUT2D eigenvalue weighted by atomic mass is 10.0. The van der Waals surface area contributed by atoms with Gasteiger partial charge in [0.25, 0.3) is 0 Å². The van der Waals surface area contributed by atoms with Crippen LogP contribution in [0.25, 0.3) is 0 Å². The SMILES string of the molecule is C=CCN(CC=C)C(C(=O)NCc1ccccc1)c1ccccc1Br. The van der Waals surface area contributed by atoms with E-state index in [2.05, 4.69) is 34.4 Å². The van der Waals surface area contributed by atoms with Gasteiger partial charge in [-0.2, -0.15) is 0 Å². The molecule has 0 saturated heterocycles. The highest BCUT2D eigenvalue weighted by Crippen LogP contribution is 2.28. The zero-order chi connectivity index (χ0) is 18.1. The van der Waals surface area contributed by atoms with Crippen molar-refractivity contribution in [1.82, 2.24) is 10.2 Å². The molecular weight excluding hydrogens is 376 g/mol. The van der Waals surface area contributed by atoms with Gasteiger partial charge in [0.05, 0.1) is 0 Å². The van der Waals surface area contributed by atoms with E-state index in [1.54, 1.807) is 12.2 Å². The summed E-state index contributed by atoms with van der Waals surface area (Å²) >= 11 is 3.57. The van der Waals surface area contributed by atoms with Crippen molar-refractivity contribution in [1.29, 1.82) is 0 Å². The number of nitrogens with one attached hydrogen (secondary N) is 1. The van der Waals surface area contributed by atoms with Crippen LogP contribution >= 0.6 is 15.9 Å². The minimum Gasteiger partial charge on any atom is -0.350 e. The molecule has 2 aromatic carbocycles. The highest BCUT2D eigenvalue weighted by molar-refractivity contribution is 9.10. The molecular formula is C21H23BrN2O. The summed E-state index contributed by atoms with van der Waals surface area (Å²) in [5, 5.41) is 3.05. The maximum Gasteiger partial charge on any atom is 0.242 e. The summed E-state index contributed by atoms with van der Waals surface area (Å²) in [5.41, 5.74) is 2.00. The number of rotatable bonds is 9. The largest absolute Gasteiger partial charge is 0.350 e. The predicted molar refractivity (Wildman–Crippen MR) is 107 cm³/mol. The first-order chi connectivity index (χ1) is 12.2. The Hall–Kier alpha value is -2.17. The van der Waals surface area contributed by atoms with E-state index in [0.717, 1.165) is 15.6 Å². The molecule has 3 nitrogen and oxygen atoms in total. The fraction of sp³-hybridized carbons (Fsp3) is 0.190. The molecule has 0 aliphatic rings. The van der Waals surface area contributed by atoms with Crippen molar-refractivity contribution in [3.63, 3.8) is 0 Å². The molecule has 0 fully saturated rings. The number of nitrogens with zero attached hydrogens (tertiary/aromatic N) is 1. The van der Waals surface area contributed by atoms with Gasteiger partial charge in [0, 0.05) is 24.1 Å². The zero-order valence-electron chi connectivity index (χ0n) is 14.2. The molecule has 25 heavy (non-hydrogen) atoms. The van der Waals surface area contributed by atoms with Crippen molar-refractivity contribution in [2.45, 2.75) is 12.6 Å². The molecule has 130 valence electrons. The van der Waals surface area contributed by atoms with Gasteiger partial charge >= 0.3 is 0 Å². The smallest absolute Gasteiger partial charge is 0.242 e. The van der Waals surface area contributed by atoms with Crippen LogP contribution in [0.5, 0.6) is 0 Å². The zero-order valence-corrected chi connectivity index (χ0v) is 15.8. The average Bonchev–Trinajstić information content (AvgIpc) is 2.63. The number of hydrogen-bond acceptors (Lipinski definition) is 2. The Labute approximate surface area is 158 Å². The Bertz CT molecular complexity index is 705. The molecule has 4 heteroatoms. The van der Waals surface area contributed by atoms with Crippen LogP contribution in [0.1, 0.15) is 17.2 Å². The Morgan fingerprint density at radius 1 is 1.04 bits per heavy atom. The fourth-order valence-electron chi connectivity index (χ4n) is 2.70.